The van der Waals surface area contributed by atoms with Crippen LogP contribution in [0.1, 0.15) is 23.2 Å². The Morgan fingerprint density at radius 1 is 1.19 bits per heavy atom. The highest BCUT2D eigenvalue weighted by molar-refractivity contribution is 7.89. The van der Waals surface area contributed by atoms with Gasteiger partial charge in [0.1, 0.15) is 0 Å². The van der Waals surface area contributed by atoms with Crippen molar-refractivity contribution in [1.29, 1.82) is 0 Å². The van der Waals surface area contributed by atoms with Crippen molar-refractivity contribution in [1.82, 2.24) is 4.72 Å². The highest BCUT2D eigenvalue weighted by Gasteiger charge is 2.22. The Kier molecular flexibility index (Phi) is 5.70. The summed E-state index contributed by atoms with van der Waals surface area (Å²) in [6.07, 6.45) is 1.71. The number of para-hydroxylation sites is 1. The molecule has 1 aliphatic heterocycles. The summed E-state index contributed by atoms with van der Waals surface area (Å²) in [4.78, 5) is 14.2. The fourth-order valence-electron chi connectivity index (χ4n) is 2.85. The summed E-state index contributed by atoms with van der Waals surface area (Å²) in [5.41, 5.74) is 1.05. The first kappa shape index (κ1) is 18.6. The smallest absolute Gasteiger partial charge is 0.258 e. The number of carbonyl (C=O) groups is 1. The van der Waals surface area contributed by atoms with E-state index in [2.05, 4.69) is 4.72 Å². The Balaban J connectivity index is 1.75. The van der Waals surface area contributed by atoms with Crippen LogP contribution in [0, 0.1) is 0 Å². The molecule has 1 heterocycles. The maximum atomic E-state index is 12.7. The van der Waals surface area contributed by atoms with Crippen LogP contribution in [-0.2, 0) is 14.8 Å². The van der Waals surface area contributed by atoms with Gasteiger partial charge in [-0.25, -0.2) is 13.1 Å². The van der Waals surface area contributed by atoms with Gasteiger partial charge in [0.25, 0.3) is 5.91 Å². The molecule has 0 aliphatic carbocycles. The van der Waals surface area contributed by atoms with Gasteiger partial charge in [-0.1, -0.05) is 24.3 Å². The number of hydrogen-bond acceptors (Lipinski definition) is 4. The summed E-state index contributed by atoms with van der Waals surface area (Å²) >= 11 is 0. The zero-order valence-corrected chi connectivity index (χ0v) is 15.4. The van der Waals surface area contributed by atoms with E-state index in [1.165, 1.54) is 17.0 Å². The first-order valence-electron chi connectivity index (χ1n) is 8.52. The highest BCUT2D eigenvalue weighted by Crippen LogP contribution is 2.18. The molecule has 138 valence electrons. The molecule has 2 aromatic carbocycles. The molecule has 3 rings (SSSR count). The molecule has 1 N–H and O–H groups in total. The van der Waals surface area contributed by atoms with Gasteiger partial charge in [-0.3, -0.25) is 4.79 Å². The van der Waals surface area contributed by atoms with Gasteiger partial charge in [0.05, 0.1) is 11.0 Å². The van der Waals surface area contributed by atoms with Crippen molar-refractivity contribution >= 4 is 21.6 Å². The Morgan fingerprint density at radius 2 is 1.96 bits per heavy atom. The Bertz CT molecular complexity index is 862. The van der Waals surface area contributed by atoms with E-state index in [4.69, 9.17) is 4.74 Å². The van der Waals surface area contributed by atoms with Crippen molar-refractivity contribution < 1.29 is 17.9 Å². The van der Waals surface area contributed by atoms with E-state index in [-0.39, 0.29) is 23.5 Å². The van der Waals surface area contributed by atoms with Crippen molar-refractivity contribution in [2.24, 2.45) is 0 Å². The van der Waals surface area contributed by atoms with Crippen LogP contribution >= 0.6 is 0 Å². The lowest BCUT2D eigenvalue weighted by Crippen LogP contribution is -2.32. The summed E-state index contributed by atoms with van der Waals surface area (Å²) in [5.74, 6) is -0.271. The highest BCUT2D eigenvalue weighted by atomic mass is 32.2. The van der Waals surface area contributed by atoms with Crippen molar-refractivity contribution in [2.75, 3.05) is 25.1 Å². The number of nitrogens with one attached hydrogen (secondary N) is 1. The fourth-order valence-corrected chi connectivity index (χ4v) is 3.96. The van der Waals surface area contributed by atoms with Gasteiger partial charge in [-0.15, -0.1) is 0 Å². The van der Waals surface area contributed by atoms with E-state index in [0.29, 0.717) is 12.2 Å². The standard InChI is InChI=1S/C19H22N2O4S/c1-21(16-8-3-2-4-9-16)19(22)15-7-5-11-18(13-15)26(23,24)20-14-17-10-6-12-25-17/h2-5,7-9,11,13,17,20H,6,10,12,14H2,1H3. The molecular formula is C19H22N2O4S. The molecule has 7 heteroatoms. The molecule has 1 fully saturated rings. The monoisotopic (exact) mass is 374 g/mol. The predicted molar refractivity (Wildman–Crippen MR) is 99.8 cm³/mol. The van der Waals surface area contributed by atoms with Crippen LogP contribution in [0.2, 0.25) is 0 Å². The average molecular weight is 374 g/mol. The van der Waals surface area contributed by atoms with Gasteiger partial charge in [0, 0.05) is 31.5 Å². The number of rotatable bonds is 6. The van der Waals surface area contributed by atoms with E-state index in [9.17, 15) is 13.2 Å². The van der Waals surface area contributed by atoms with Gasteiger partial charge < -0.3 is 9.64 Å². The minimum absolute atomic E-state index is 0.0720. The third-order valence-corrected chi connectivity index (χ3v) is 5.79. The number of sulfonamides is 1. The molecule has 0 bridgehead atoms. The van der Waals surface area contributed by atoms with E-state index in [0.717, 1.165) is 18.5 Å². The van der Waals surface area contributed by atoms with Crippen molar-refractivity contribution in [3.8, 4) is 0 Å². The molecule has 26 heavy (non-hydrogen) atoms. The van der Waals surface area contributed by atoms with Crippen LogP contribution in [-0.4, -0.2) is 40.6 Å². The summed E-state index contributed by atoms with van der Waals surface area (Å²) < 4.78 is 33.0. The van der Waals surface area contributed by atoms with Crippen LogP contribution in [0.15, 0.2) is 59.5 Å². The van der Waals surface area contributed by atoms with Crippen LogP contribution in [0.25, 0.3) is 0 Å². The molecule has 2 aromatic rings. The lowest BCUT2D eigenvalue weighted by atomic mass is 10.2. The molecule has 0 radical (unpaired) electrons. The average Bonchev–Trinajstić information content (AvgIpc) is 3.20. The van der Waals surface area contributed by atoms with Crippen molar-refractivity contribution in [3.05, 3.63) is 60.2 Å². The largest absolute Gasteiger partial charge is 0.377 e. The lowest BCUT2D eigenvalue weighted by molar-refractivity contribution is 0.0992. The second kappa shape index (κ2) is 7.99. The Labute approximate surface area is 153 Å². The second-order valence-corrected chi connectivity index (χ2v) is 7.98. The zero-order valence-electron chi connectivity index (χ0n) is 14.6. The van der Waals surface area contributed by atoms with E-state index in [1.54, 1.807) is 19.2 Å². The first-order valence-corrected chi connectivity index (χ1v) is 10.00. The summed E-state index contributed by atoms with van der Waals surface area (Å²) in [6, 6.07) is 15.3. The van der Waals surface area contributed by atoms with Gasteiger partial charge in [-0.05, 0) is 43.2 Å². The van der Waals surface area contributed by atoms with Crippen molar-refractivity contribution in [2.45, 2.75) is 23.8 Å². The molecule has 0 aromatic heterocycles. The Hall–Kier alpha value is -2.22. The molecule has 1 unspecified atom stereocenters. The van der Waals surface area contributed by atoms with Crippen LogP contribution in [0.3, 0.4) is 0 Å². The topological polar surface area (TPSA) is 75.7 Å². The van der Waals surface area contributed by atoms with Crippen LogP contribution < -0.4 is 9.62 Å². The number of anilines is 1. The first-order chi connectivity index (χ1) is 12.5. The molecule has 1 aliphatic rings. The molecule has 6 nitrogen and oxygen atoms in total. The maximum Gasteiger partial charge on any atom is 0.258 e. The van der Waals surface area contributed by atoms with Crippen LogP contribution in [0.5, 0.6) is 0 Å². The van der Waals surface area contributed by atoms with Gasteiger partial charge in [-0.2, -0.15) is 0 Å². The lowest BCUT2D eigenvalue weighted by Gasteiger charge is -2.18. The SMILES string of the molecule is CN(C(=O)c1cccc(S(=O)(=O)NCC2CCCO2)c1)c1ccccc1. The summed E-state index contributed by atoms with van der Waals surface area (Å²) in [5, 5.41) is 0. The Morgan fingerprint density at radius 3 is 2.65 bits per heavy atom. The number of nitrogens with zero attached hydrogens (tertiary/aromatic N) is 1. The van der Waals surface area contributed by atoms with Gasteiger partial charge in [0.2, 0.25) is 10.0 Å². The summed E-state index contributed by atoms with van der Waals surface area (Å²) in [7, 11) is -2.03. The fraction of sp³-hybridized carbons (Fsp3) is 0.316. The molecule has 1 amide bonds. The number of carbonyl (C=O) groups excluding carboxylic acids is 1. The van der Waals surface area contributed by atoms with E-state index in [1.807, 2.05) is 30.3 Å². The minimum Gasteiger partial charge on any atom is -0.377 e. The predicted octanol–water partition coefficient (Wildman–Crippen LogP) is 2.42. The number of hydrogen-bond donors (Lipinski definition) is 1. The number of amides is 1. The maximum absolute atomic E-state index is 12.7. The minimum atomic E-state index is -3.69. The molecular weight excluding hydrogens is 352 g/mol. The second-order valence-electron chi connectivity index (χ2n) is 6.21. The quantitative estimate of drug-likeness (QED) is 0.843. The van der Waals surface area contributed by atoms with Gasteiger partial charge in [0.15, 0.2) is 0 Å². The van der Waals surface area contributed by atoms with E-state index < -0.39 is 10.0 Å². The number of ether oxygens (including phenoxy) is 1. The van der Waals surface area contributed by atoms with E-state index >= 15 is 0 Å². The van der Waals surface area contributed by atoms with Crippen LogP contribution in [0.4, 0.5) is 5.69 Å². The third-order valence-electron chi connectivity index (χ3n) is 4.36. The summed E-state index contributed by atoms with van der Waals surface area (Å²) in [6.45, 7) is 0.909. The third kappa shape index (κ3) is 4.30. The van der Waals surface area contributed by atoms with Crippen molar-refractivity contribution in [3.63, 3.8) is 0 Å². The van der Waals surface area contributed by atoms with Gasteiger partial charge >= 0.3 is 0 Å². The normalized spacial score (nSPS) is 17.2. The molecule has 0 spiro atoms. The zero-order chi connectivity index (χ0) is 18.6. The molecule has 0 saturated carbocycles. The number of benzene rings is 2. The molecule has 1 saturated heterocycles. The molecule has 1 atom stereocenters.